The van der Waals surface area contributed by atoms with Crippen molar-refractivity contribution in [3.63, 3.8) is 0 Å². The third-order valence-electron chi connectivity index (χ3n) is 2.39. The SMILES string of the molecule is CC(CO)(CO)NC(=O)COc1ccc(F)cc1Br. The largest absolute Gasteiger partial charge is 0.483 e. The molecular weight excluding hydrogens is 321 g/mol. The van der Waals surface area contributed by atoms with Crippen LogP contribution in [-0.2, 0) is 4.79 Å². The van der Waals surface area contributed by atoms with Crippen LogP contribution in [0.3, 0.4) is 0 Å². The Morgan fingerprint density at radius 1 is 1.47 bits per heavy atom. The van der Waals surface area contributed by atoms with E-state index in [0.29, 0.717) is 10.2 Å². The van der Waals surface area contributed by atoms with Crippen LogP contribution in [0.2, 0.25) is 0 Å². The molecule has 7 heteroatoms. The van der Waals surface area contributed by atoms with Gasteiger partial charge in [0.2, 0.25) is 0 Å². The molecule has 5 nitrogen and oxygen atoms in total. The number of amides is 1. The number of hydrogen-bond acceptors (Lipinski definition) is 4. The van der Waals surface area contributed by atoms with Gasteiger partial charge in [-0.25, -0.2) is 4.39 Å². The van der Waals surface area contributed by atoms with Crippen molar-refractivity contribution in [3.8, 4) is 5.75 Å². The van der Waals surface area contributed by atoms with Gasteiger partial charge < -0.3 is 20.3 Å². The first-order chi connectivity index (χ1) is 8.90. The summed E-state index contributed by atoms with van der Waals surface area (Å²) < 4.78 is 18.4. The first-order valence-corrected chi connectivity index (χ1v) is 6.30. The number of hydrogen-bond donors (Lipinski definition) is 3. The van der Waals surface area contributed by atoms with Crippen LogP contribution >= 0.6 is 15.9 Å². The molecule has 0 aromatic heterocycles. The van der Waals surface area contributed by atoms with Crippen molar-refractivity contribution >= 4 is 21.8 Å². The van der Waals surface area contributed by atoms with Gasteiger partial charge in [-0.2, -0.15) is 0 Å². The molecule has 1 amide bonds. The van der Waals surface area contributed by atoms with E-state index in [4.69, 9.17) is 14.9 Å². The monoisotopic (exact) mass is 335 g/mol. The number of nitrogens with one attached hydrogen (secondary N) is 1. The molecule has 3 N–H and O–H groups in total. The summed E-state index contributed by atoms with van der Waals surface area (Å²) in [4.78, 5) is 11.6. The maximum atomic E-state index is 12.8. The van der Waals surface area contributed by atoms with Gasteiger partial charge in [0, 0.05) is 0 Å². The lowest BCUT2D eigenvalue weighted by molar-refractivity contribution is -0.126. The summed E-state index contributed by atoms with van der Waals surface area (Å²) in [6.45, 7) is 0.406. The van der Waals surface area contributed by atoms with Crippen molar-refractivity contribution in [1.29, 1.82) is 0 Å². The quantitative estimate of drug-likeness (QED) is 0.719. The standard InChI is InChI=1S/C12H15BrFNO4/c1-12(6-16,7-17)15-11(18)5-19-10-3-2-8(14)4-9(10)13/h2-4,16-17H,5-7H2,1H3,(H,15,18). The van der Waals surface area contributed by atoms with E-state index in [1.807, 2.05) is 0 Å². The molecule has 19 heavy (non-hydrogen) atoms. The predicted octanol–water partition coefficient (Wildman–Crippen LogP) is 0.826. The summed E-state index contributed by atoms with van der Waals surface area (Å²) in [5.41, 5.74) is -1.10. The molecule has 0 fully saturated rings. The molecule has 0 saturated heterocycles. The number of ether oxygens (including phenoxy) is 1. The maximum Gasteiger partial charge on any atom is 0.258 e. The van der Waals surface area contributed by atoms with E-state index in [2.05, 4.69) is 21.2 Å². The molecule has 0 heterocycles. The van der Waals surface area contributed by atoms with Crippen LogP contribution in [0, 0.1) is 5.82 Å². The second-order valence-electron chi connectivity index (χ2n) is 4.29. The average Bonchev–Trinajstić information content (AvgIpc) is 2.37. The second kappa shape index (κ2) is 6.83. The molecule has 0 unspecified atom stereocenters. The van der Waals surface area contributed by atoms with Crippen LogP contribution < -0.4 is 10.1 Å². The summed E-state index contributed by atoms with van der Waals surface area (Å²) in [5, 5.41) is 20.5. The van der Waals surface area contributed by atoms with Gasteiger partial charge in [-0.05, 0) is 41.1 Å². The normalized spacial score (nSPS) is 11.2. The topological polar surface area (TPSA) is 78.8 Å². The van der Waals surface area contributed by atoms with Crippen LogP contribution in [0.1, 0.15) is 6.92 Å². The fraction of sp³-hybridized carbons (Fsp3) is 0.417. The van der Waals surface area contributed by atoms with E-state index >= 15 is 0 Å². The summed E-state index contributed by atoms with van der Waals surface area (Å²) >= 11 is 3.11. The van der Waals surface area contributed by atoms with Gasteiger partial charge in [0.05, 0.1) is 23.2 Å². The zero-order chi connectivity index (χ0) is 14.5. The van der Waals surface area contributed by atoms with Crippen molar-refractivity contribution < 1.29 is 24.1 Å². The highest BCUT2D eigenvalue weighted by atomic mass is 79.9. The molecule has 0 atom stereocenters. The van der Waals surface area contributed by atoms with Crippen molar-refractivity contribution in [2.24, 2.45) is 0 Å². The van der Waals surface area contributed by atoms with Crippen molar-refractivity contribution in [3.05, 3.63) is 28.5 Å². The molecule has 1 aromatic rings. The first kappa shape index (κ1) is 15.9. The molecule has 1 rings (SSSR count). The molecule has 0 aliphatic rings. The van der Waals surface area contributed by atoms with E-state index in [1.165, 1.54) is 25.1 Å². The number of carbonyl (C=O) groups is 1. The Balaban J connectivity index is 2.55. The van der Waals surface area contributed by atoms with Crippen LogP contribution in [0.4, 0.5) is 4.39 Å². The Labute approximate surface area is 118 Å². The Kier molecular flexibility index (Phi) is 5.71. The minimum Gasteiger partial charge on any atom is -0.483 e. The highest BCUT2D eigenvalue weighted by Crippen LogP contribution is 2.25. The van der Waals surface area contributed by atoms with E-state index < -0.39 is 30.5 Å². The van der Waals surface area contributed by atoms with Gasteiger partial charge in [0.25, 0.3) is 5.91 Å². The minimum atomic E-state index is -1.10. The number of aliphatic hydroxyl groups is 2. The van der Waals surface area contributed by atoms with Crippen LogP contribution in [0.5, 0.6) is 5.75 Å². The molecule has 0 radical (unpaired) electrons. The van der Waals surface area contributed by atoms with E-state index in [9.17, 15) is 9.18 Å². The van der Waals surface area contributed by atoms with Gasteiger partial charge >= 0.3 is 0 Å². The van der Waals surface area contributed by atoms with Gasteiger partial charge in [-0.15, -0.1) is 0 Å². The Morgan fingerprint density at radius 3 is 2.63 bits per heavy atom. The van der Waals surface area contributed by atoms with E-state index in [-0.39, 0.29) is 6.61 Å². The van der Waals surface area contributed by atoms with E-state index in [0.717, 1.165) is 0 Å². The Bertz CT molecular complexity index is 451. The van der Waals surface area contributed by atoms with Gasteiger partial charge in [0.15, 0.2) is 6.61 Å². The Hall–Kier alpha value is -1.18. The minimum absolute atomic E-state index is 0.306. The number of carbonyl (C=O) groups excluding carboxylic acids is 1. The highest BCUT2D eigenvalue weighted by Gasteiger charge is 2.24. The van der Waals surface area contributed by atoms with Crippen molar-refractivity contribution in [2.45, 2.75) is 12.5 Å². The zero-order valence-corrected chi connectivity index (χ0v) is 11.9. The molecular formula is C12H15BrFNO4. The summed E-state index contributed by atoms with van der Waals surface area (Å²) in [6, 6.07) is 3.83. The smallest absolute Gasteiger partial charge is 0.258 e. The van der Waals surface area contributed by atoms with Crippen LogP contribution in [-0.4, -0.2) is 41.5 Å². The van der Waals surface area contributed by atoms with Gasteiger partial charge in [-0.3, -0.25) is 4.79 Å². The fourth-order valence-electron chi connectivity index (χ4n) is 1.24. The van der Waals surface area contributed by atoms with Crippen molar-refractivity contribution in [1.82, 2.24) is 5.32 Å². The zero-order valence-electron chi connectivity index (χ0n) is 10.3. The lowest BCUT2D eigenvalue weighted by Gasteiger charge is -2.26. The van der Waals surface area contributed by atoms with E-state index in [1.54, 1.807) is 0 Å². The summed E-state index contributed by atoms with van der Waals surface area (Å²) in [6.07, 6.45) is 0. The van der Waals surface area contributed by atoms with Crippen molar-refractivity contribution in [2.75, 3.05) is 19.8 Å². The highest BCUT2D eigenvalue weighted by molar-refractivity contribution is 9.10. The lowest BCUT2D eigenvalue weighted by atomic mass is 10.1. The van der Waals surface area contributed by atoms with Gasteiger partial charge in [0.1, 0.15) is 11.6 Å². The van der Waals surface area contributed by atoms with Crippen LogP contribution in [0.25, 0.3) is 0 Å². The Morgan fingerprint density at radius 2 is 2.11 bits per heavy atom. The molecule has 0 bridgehead atoms. The number of halogens is 2. The van der Waals surface area contributed by atoms with Crippen LogP contribution in [0.15, 0.2) is 22.7 Å². The second-order valence-corrected chi connectivity index (χ2v) is 5.14. The molecule has 0 saturated carbocycles. The van der Waals surface area contributed by atoms with Gasteiger partial charge in [-0.1, -0.05) is 0 Å². The maximum absolute atomic E-state index is 12.8. The first-order valence-electron chi connectivity index (χ1n) is 5.51. The number of aliphatic hydroxyl groups excluding tert-OH is 2. The summed E-state index contributed by atoms with van der Waals surface area (Å²) in [7, 11) is 0. The molecule has 106 valence electrons. The average molecular weight is 336 g/mol. The molecule has 0 aliphatic carbocycles. The fourth-order valence-corrected chi connectivity index (χ4v) is 1.70. The molecule has 1 aromatic carbocycles. The summed E-state index contributed by atoms with van der Waals surface area (Å²) in [5.74, 6) is -0.593. The molecule has 0 aliphatic heterocycles. The lowest BCUT2D eigenvalue weighted by Crippen LogP contribution is -2.53. The number of benzene rings is 1. The third kappa shape index (κ3) is 4.77. The molecule has 0 spiro atoms. The number of rotatable bonds is 6. The predicted molar refractivity (Wildman–Crippen MR) is 70.3 cm³/mol. The third-order valence-corrected chi connectivity index (χ3v) is 3.01.